The Hall–Kier alpha value is -3.93. The number of nitrogens with zero attached hydrogens (tertiary/aromatic N) is 1. The smallest absolute Gasteiger partial charge is 0.338 e. The molecular weight excluding hydrogens is 430 g/mol. The highest BCUT2D eigenvalue weighted by molar-refractivity contribution is 6.07. The average molecular weight is 453 g/mol. The molecule has 2 bridgehead atoms. The van der Waals surface area contributed by atoms with Crippen molar-refractivity contribution in [3.05, 3.63) is 101 Å². The molecule has 6 heteroatoms. The van der Waals surface area contributed by atoms with Crippen molar-refractivity contribution in [2.45, 2.75) is 11.8 Å². The lowest BCUT2D eigenvalue weighted by Gasteiger charge is -2.45. The van der Waals surface area contributed by atoms with E-state index in [0.29, 0.717) is 11.3 Å². The molecule has 3 aliphatic carbocycles. The van der Waals surface area contributed by atoms with Crippen LogP contribution >= 0.6 is 0 Å². The number of likely N-dealkylation sites (tertiary alicyclic amines) is 1. The van der Waals surface area contributed by atoms with Gasteiger partial charge in [0.15, 0.2) is 0 Å². The van der Waals surface area contributed by atoms with Crippen LogP contribution < -0.4 is 4.74 Å². The third-order valence-electron chi connectivity index (χ3n) is 7.39. The number of hydrogen-bond donors (Lipinski definition) is 0. The van der Waals surface area contributed by atoms with Crippen molar-refractivity contribution in [3.63, 3.8) is 0 Å². The SMILES string of the molecule is COc1cccc(C(=O)OCCN2C(=O)C3C4c5ccccc5C(c5ccccc54)C3C2=O)c1. The summed E-state index contributed by atoms with van der Waals surface area (Å²) in [5, 5.41) is 0. The van der Waals surface area contributed by atoms with Crippen molar-refractivity contribution >= 4 is 17.8 Å². The molecule has 34 heavy (non-hydrogen) atoms. The molecule has 0 saturated carbocycles. The maximum absolute atomic E-state index is 13.5. The van der Waals surface area contributed by atoms with E-state index >= 15 is 0 Å². The normalized spacial score (nSPS) is 23.9. The topological polar surface area (TPSA) is 72.9 Å². The van der Waals surface area contributed by atoms with Crippen LogP contribution in [-0.4, -0.2) is 42.9 Å². The lowest BCUT2D eigenvalue weighted by molar-refractivity contribution is -0.140. The zero-order valence-electron chi connectivity index (χ0n) is 18.6. The lowest BCUT2D eigenvalue weighted by atomic mass is 9.55. The first-order valence-corrected chi connectivity index (χ1v) is 11.4. The predicted molar refractivity (Wildman–Crippen MR) is 124 cm³/mol. The Labute approximate surface area is 197 Å². The van der Waals surface area contributed by atoms with Gasteiger partial charge in [-0.15, -0.1) is 0 Å². The zero-order chi connectivity index (χ0) is 23.4. The Bertz CT molecular complexity index is 1220. The van der Waals surface area contributed by atoms with Crippen molar-refractivity contribution in [2.24, 2.45) is 11.8 Å². The lowest BCUT2D eigenvalue weighted by Crippen LogP contribution is -2.41. The molecule has 4 aliphatic rings. The molecule has 1 fully saturated rings. The highest BCUT2D eigenvalue weighted by Gasteiger charge is 2.61. The van der Waals surface area contributed by atoms with E-state index in [9.17, 15) is 14.4 Å². The number of carbonyl (C=O) groups is 3. The van der Waals surface area contributed by atoms with Crippen molar-refractivity contribution in [3.8, 4) is 5.75 Å². The third kappa shape index (κ3) is 2.91. The first-order valence-electron chi connectivity index (χ1n) is 11.4. The van der Waals surface area contributed by atoms with Crippen LogP contribution in [0.1, 0.15) is 44.4 Å². The second kappa shape index (κ2) is 7.83. The molecule has 6 nitrogen and oxygen atoms in total. The highest BCUT2D eigenvalue weighted by Crippen LogP contribution is 2.60. The summed E-state index contributed by atoms with van der Waals surface area (Å²) in [6.45, 7) is -0.00526. The Morgan fingerprint density at radius 3 is 1.82 bits per heavy atom. The molecule has 2 atom stereocenters. The van der Waals surface area contributed by atoms with Gasteiger partial charge in [-0.25, -0.2) is 4.79 Å². The molecule has 0 aromatic heterocycles. The van der Waals surface area contributed by atoms with Crippen molar-refractivity contribution in [1.29, 1.82) is 0 Å². The van der Waals surface area contributed by atoms with Gasteiger partial charge in [-0.2, -0.15) is 0 Å². The van der Waals surface area contributed by atoms with E-state index in [1.807, 2.05) is 24.3 Å². The number of methoxy groups -OCH3 is 1. The van der Waals surface area contributed by atoms with E-state index in [2.05, 4.69) is 24.3 Å². The maximum Gasteiger partial charge on any atom is 0.338 e. The number of esters is 1. The van der Waals surface area contributed by atoms with Crippen LogP contribution in [0.15, 0.2) is 72.8 Å². The first kappa shape index (κ1) is 20.7. The number of benzene rings is 3. The van der Waals surface area contributed by atoms with Gasteiger partial charge in [-0.05, 0) is 40.5 Å². The maximum atomic E-state index is 13.5. The van der Waals surface area contributed by atoms with Gasteiger partial charge in [0, 0.05) is 11.8 Å². The van der Waals surface area contributed by atoms with Gasteiger partial charge in [0.25, 0.3) is 0 Å². The third-order valence-corrected chi connectivity index (χ3v) is 7.39. The molecule has 1 heterocycles. The van der Waals surface area contributed by atoms with Gasteiger partial charge >= 0.3 is 5.97 Å². The summed E-state index contributed by atoms with van der Waals surface area (Å²) in [6, 6.07) is 23.0. The van der Waals surface area contributed by atoms with E-state index in [-0.39, 0.29) is 36.8 Å². The molecule has 2 unspecified atom stereocenters. The Morgan fingerprint density at radius 1 is 0.794 bits per heavy atom. The summed E-state index contributed by atoms with van der Waals surface area (Å²) in [5.74, 6) is -1.43. The van der Waals surface area contributed by atoms with Crippen molar-refractivity contribution in [2.75, 3.05) is 20.3 Å². The second-order valence-corrected chi connectivity index (χ2v) is 8.96. The minimum Gasteiger partial charge on any atom is -0.497 e. The fourth-order valence-corrected chi connectivity index (χ4v) is 6.02. The molecule has 170 valence electrons. The number of hydrogen-bond acceptors (Lipinski definition) is 5. The highest BCUT2D eigenvalue weighted by atomic mass is 16.5. The van der Waals surface area contributed by atoms with Gasteiger partial charge in [-0.1, -0.05) is 54.6 Å². The van der Waals surface area contributed by atoms with Crippen LogP contribution in [0, 0.1) is 11.8 Å². The molecule has 3 aromatic carbocycles. The van der Waals surface area contributed by atoms with Crippen LogP contribution in [-0.2, 0) is 14.3 Å². The summed E-state index contributed by atoms with van der Waals surface area (Å²) in [6.07, 6.45) is 0. The molecular formula is C28H23NO5. The minimum atomic E-state index is -0.518. The molecule has 0 spiro atoms. The van der Waals surface area contributed by atoms with Gasteiger partial charge in [0.2, 0.25) is 11.8 Å². The Balaban J connectivity index is 1.25. The van der Waals surface area contributed by atoms with Gasteiger partial charge in [0.05, 0.1) is 31.1 Å². The molecule has 0 radical (unpaired) electrons. The molecule has 3 aromatic rings. The number of carbonyl (C=O) groups excluding carboxylic acids is 3. The summed E-state index contributed by atoms with van der Waals surface area (Å²) in [4.78, 5) is 40.8. The number of rotatable bonds is 5. The number of ether oxygens (including phenoxy) is 2. The largest absolute Gasteiger partial charge is 0.497 e. The molecule has 1 aliphatic heterocycles. The Morgan fingerprint density at radius 2 is 1.32 bits per heavy atom. The summed E-state index contributed by atoms with van der Waals surface area (Å²) < 4.78 is 10.5. The molecule has 2 amide bonds. The summed E-state index contributed by atoms with van der Waals surface area (Å²) in [5.41, 5.74) is 4.91. The number of amides is 2. The fraction of sp³-hybridized carbons (Fsp3) is 0.250. The van der Waals surface area contributed by atoms with Gasteiger partial charge in [-0.3, -0.25) is 14.5 Å². The average Bonchev–Trinajstić information content (AvgIpc) is 3.14. The van der Waals surface area contributed by atoms with E-state index in [0.717, 1.165) is 22.3 Å². The molecule has 0 N–H and O–H groups in total. The number of imide groups is 1. The van der Waals surface area contributed by atoms with E-state index in [1.54, 1.807) is 24.3 Å². The van der Waals surface area contributed by atoms with Gasteiger partial charge in [0.1, 0.15) is 12.4 Å². The fourth-order valence-electron chi connectivity index (χ4n) is 6.02. The monoisotopic (exact) mass is 453 g/mol. The predicted octanol–water partition coefficient (Wildman–Crippen LogP) is 3.74. The van der Waals surface area contributed by atoms with Crippen molar-refractivity contribution in [1.82, 2.24) is 4.90 Å². The van der Waals surface area contributed by atoms with Crippen LogP contribution in [0.2, 0.25) is 0 Å². The van der Waals surface area contributed by atoms with E-state index in [4.69, 9.17) is 9.47 Å². The standard InChI is InChI=1S/C28H23NO5/c1-33-17-8-6-7-16(15-17)28(32)34-14-13-29-26(30)24-22-18-9-2-3-10-19(18)23(25(24)27(29)31)21-12-5-4-11-20(21)22/h2-12,15,22-25H,13-14H2,1H3. The quantitative estimate of drug-likeness (QED) is 0.435. The minimum absolute atomic E-state index is 0.0481. The van der Waals surface area contributed by atoms with Crippen LogP contribution in [0.4, 0.5) is 0 Å². The van der Waals surface area contributed by atoms with Crippen LogP contribution in [0.25, 0.3) is 0 Å². The summed E-state index contributed by atoms with van der Waals surface area (Å²) >= 11 is 0. The molecule has 1 saturated heterocycles. The second-order valence-electron chi connectivity index (χ2n) is 8.96. The van der Waals surface area contributed by atoms with Gasteiger partial charge < -0.3 is 9.47 Å². The zero-order valence-corrected chi connectivity index (χ0v) is 18.6. The van der Waals surface area contributed by atoms with Crippen LogP contribution in [0.3, 0.4) is 0 Å². The molecule has 7 rings (SSSR count). The van der Waals surface area contributed by atoms with Crippen molar-refractivity contribution < 1.29 is 23.9 Å². The summed E-state index contributed by atoms with van der Waals surface area (Å²) in [7, 11) is 1.53. The first-order chi connectivity index (χ1) is 16.6. The van der Waals surface area contributed by atoms with E-state index in [1.165, 1.54) is 12.0 Å². The van der Waals surface area contributed by atoms with E-state index < -0.39 is 17.8 Å². The Kier molecular flexibility index (Phi) is 4.76. The van der Waals surface area contributed by atoms with Crippen LogP contribution in [0.5, 0.6) is 5.75 Å².